The Hall–Kier alpha value is -2.92. The lowest BCUT2D eigenvalue weighted by Crippen LogP contribution is -2.11. The number of ketones is 1. The number of thiazole rings is 1. The van der Waals surface area contributed by atoms with E-state index in [1.54, 1.807) is 6.92 Å². The zero-order valence-corrected chi connectivity index (χ0v) is 13.1. The number of aryl methyl sites for hydroxylation is 1. The molecule has 0 saturated heterocycles. The van der Waals surface area contributed by atoms with Gasteiger partial charge in [0, 0.05) is 11.4 Å². The summed E-state index contributed by atoms with van der Waals surface area (Å²) < 4.78 is 32.5. The number of hydrogen-bond donors (Lipinski definition) is 0. The third kappa shape index (κ3) is 2.81. The number of nitriles is 1. The van der Waals surface area contributed by atoms with Crippen LogP contribution in [-0.4, -0.2) is 15.9 Å². The Labute approximate surface area is 139 Å². The van der Waals surface area contributed by atoms with Crippen molar-refractivity contribution in [2.45, 2.75) is 12.8 Å². The lowest BCUT2D eigenvalue weighted by Gasteiger charge is -2.02. The van der Waals surface area contributed by atoms with Crippen LogP contribution < -0.4 is 0 Å². The van der Waals surface area contributed by atoms with Crippen LogP contribution in [0.25, 0.3) is 11.3 Å². The molecule has 5 nitrogen and oxygen atoms in total. The smallest absolute Gasteiger partial charge is 0.208 e. The molecule has 120 valence electrons. The van der Waals surface area contributed by atoms with E-state index in [1.807, 2.05) is 6.07 Å². The molecule has 2 heterocycles. The number of aromatic nitrogens is 2. The zero-order valence-electron chi connectivity index (χ0n) is 12.3. The van der Waals surface area contributed by atoms with Gasteiger partial charge in [0.2, 0.25) is 5.78 Å². The zero-order chi connectivity index (χ0) is 17.3. The van der Waals surface area contributed by atoms with Crippen LogP contribution in [0.3, 0.4) is 0 Å². The number of benzene rings is 1. The Morgan fingerprint density at radius 1 is 1.38 bits per heavy atom. The van der Waals surface area contributed by atoms with Crippen LogP contribution in [0.4, 0.5) is 8.78 Å². The average Bonchev–Trinajstić information content (AvgIpc) is 3.17. The van der Waals surface area contributed by atoms with Crippen molar-refractivity contribution in [2.24, 2.45) is 0 Å². The van der Waals surface area contributed by atoms with Gasteiger partial charge in [-0.25, -0.2) is 13.8 Å². The fourth-order valence-corrected chi connectivity index (χ4v) is 2.98. The average molecular weight is 345 g/mol. The largest absolute Gasteiger partial charge is 0.361 e. The second-order valence-electron chi connectivity index (χ2n) is 4.92. The number of nitrogens with zero attached hydrogens (tertiary/aromatic N) is 3. The van der Waals surface area contributed by atoms with Crippen LogP contribution in [0.5, 0.6) is 0 Å². The highest BCUT2D eigenvalue weighted by atomic mass is 32.1. The molecule has 0 aliphatic carbocycles. The predicted octanol–water partition coefficient (Wildman–Crippen LogP) is 3.87. The molecule has 3 aromatic rings. The van der Waals surface area contributed by atoms with Crippen molar-refractivity contribution in [3.05, 3.63) is 57.7 Å². The quantitative estimate of drug-likeness (QED) is 0.671. The van der Waals surface area contributed by atoms with Crippen molar-refractivity contribution >= 4 is 17.1 Å². The molecular formula is C16H9F2N3O2S. The Morgan fingerprint density at radius 3 is 2.67 bits per heavy atom. The second kappa shape index (κ2) is 6.29. The summed E-state index contributed by atoms with van der Waals surface area (Å²) in [5.74, 6) is -2.90. The summed E-state index contributed by atoms with van der Waals surface area (Å²) in [6.45, 7) is 1.62. The minimum atomic E-state index is -1.22. The molecule has 1 aromatic carbocycles. The van der Waals surface area contributed by atoms with E-state index >= 15 is 0 Å². The highest BCUT2D eigenvalue weighted by Gasteiger charge is 2.28. The first-order valence-corrected chi connectivity index (χ1v) is 7.66. The molecule has 0 aliphatic rings. The normalized spacial score (nSPS) is 11.9. The van der Waals surface area contributed by atoms with Crippen molar-refractivity contribution in [1.82, 2.24) is 10.1 Å². The summed E-state index contributed by atoms with van der Waals surface area (Å²) >= 11 is 0.978. The summed E-state index contributed by atoms with van der Waals surface area (Å²) in [7, 11) is 0. The minimum Gasteiger partial charge on any atom is -0.361 e. The molecule has 0 fully saturated rings. The Bertz CT molecular complexity index is 938. The van der Waals surface area contributed by atoms with Crippen LogP contribution in [-0.2, 0) is 0 Å². The maximum absolute atomic E-state index is 13.8. The summed E-state index contributed by atoms with van der Waals surface area (Å²) in [6, 6.07) is 6.74. The fraction of sp³-hybridized carbons (Fsp3) is 0.125. The Kier molecular flexibility index (Phi) is 4.18. The molecule has 24 heavy (non-hydrogen) atoms. The van der Waals surface area contributed by atoms with Crippen molar-refractivity contribution in [2.75, 3.05) is 0 Å². The monoisotopic (exact) mass is 345 g/mol. The van der Waals surface area contributed by atoms with E-state index in [9.17, 15) is 18.8 Å². The van der Waals surface area contributed by atoms with E-state index < -0.39 is 23.3 Å². The van der Waals surface area contributed by atoms with Crippen molar-refractivity contribution in [3.63, 3.8) is 0 Å². The molecule has 0 bridgehead atoms. The van der Waals surface area contributed by atoms with E-state index in [4.69, 9.17) is 4.52 Å². The molecule has 2 aromatic heterocycles. The topological polar surface area (TPSA) is 79.8 Å². The van der Waals surface area contributed by atoms with Gasteiger partial charge in [-0.05, 0) is 19.1 Å². The molecule has 0 N–H and O–H groups in total. The maximum Gasteiger partial charge on any atom is 0.208 e. The van der Waals surface area contributed by atoms with Gasteiger partial charge in [-0.3, -0.25) is 4.79 Å². The number of hydrogen-bond acceptors (Lipinski definition) is 6. The van der Waals surface area contributed by atoms with Crippen molar-refractivity contribution in [3.8, 4) is 17.3 Å². The third-order valence-electron chi connectivity index (χ3n) is 3.26. The van der Waals surface area contributed by atoms with E-state index in [-0.39, 0.29) is 22.0 Å². The predicted molar refractivity (Wildman–Crippen MR) is 81.4 cm³/mol. The molecule has 0 aliphatic heterocycles. The summed E-state index contributed by atoms with van der Waals surface area (Å²) in [5, 5.41) is 14.4. The van der Waals surface area contributed by atoms with Gasteiger partial charge in [-0.15, -0.1) is 11.3 Å². The Balaban J connectivity index is 1.97. The molecule has 1 atom stereocenters. The molecule has 0 amide bonds. The number of carbonyl (C=O) groups excluding carboxylic acids is 1. The number of Topliss-reactive ketones (excluding diaryl/α,β-unsaturated/α-hetero) is 1. The first kappa shape index (κ1) is 16.0. The third-order valence-corrected chi connectivity index (χ3v) is 4.17. The highest BCUT2D eigenvalue weighted by Crippen LogP contribution is 2.31. The van der Waals surface area contributed by atoms with Gasteiger partial charge in [-0.1, -0.05) is 11.2 Å². The number of rotatable bonds is 4. The van der Waals surface area contributed by atoms with E-state index in [1.165, 1.54) is 17.5 Å². The van der Waals surface area contributed by atoms with Gasteiger partial charge in [0.1, 0.15) is 22.4 Å². The van der Waals surface area contributed by atoms with E-state index in [2.05, 4.69) is 10.1 Å². The molecule has 0 radical (unpaired) electrons. The molecular weight excluding hydrogens is 336 g/mol. The molecule has 0 saturated carbocycles. The number of halogens is 2. The van der Waals surface area contributed by atoms with Gasteiger partial charge < -0.3 is 4.52 Å². The second-order valence-corrected chi connectivity index (χ2v) is 5.81. The summed E-state index contributed by atoms with van der Waals surface area (Å²) in [6.07, 6.45) is 0. The van der Waals surface area contributed by atoms with Crippen LogP contribution in [0.2, 0.25) is 0 Å². The van der Waals surface area contributed by atoms with Crippen LogP contribution in [0.15, 0.2) is 34.2 Å². The molecule has 8 heteroatoms. The first-order valence-electron chi connectivity index (χ1n) is 6.78. The van der Waals surface area contributed by atoms with E-state index in [0.29, 0.717) is 5.76 Å². The first-order chi connectivity index (χ1) is 11.5. The van der Waals surface area contributed by atoms with E-state index in [0.717, 1.165) is 23.5 Å². The van der Waals surface area contributed by atoms with Crippen LogP contribution in [0, 0.1) is 29.9 Å². The van der Waals surface area contributed by atoms with Gasteiger partial charge >= 0.3 is 0 Å². The SMILES string of the molecule is Cc1cc(C(=O)[C@@H](C#N)c2nc(-c3c(F)cccc3F)cs2)no1. The van der Waals surface area contributed by atoms with Crippen molar-refractivity contribution in [1.29, 1.82) is 5.26 Å². The van der Waals surface area contributed by atoms with Gasteiger partial charge in [0.05, 0.1) is 17.3 Å². The van der Waals surface area contributed by atoms with Gasteiger partial charge in [0.15, 0.2) is 11.6 Å². The maximum atomic E-state index is 13.8. The van der Waals surface area contributed by atoms with Gasteiger partial charge in [-0.2, -0.15) is 5.26 Å². The highest BCUT2D eigenvalue weighted by molar-refractivity contribution is 7.10. The lowest BCUT2D eigenvalue weighted by molar-refractivity contribution is 0.0970. The molecule has 3 rings (SSSR count). The van der Waals surface area contributed by atoms with Crippen LogP contribution in [0.1, 0.15) is 27.2 Å². The Morgan fingerprint density at radius 2 is 2.08 bits per heavy atom. The summed E-state index contributed by atoms with van der Waals surface area (Å²) in [5.41, 5.74) is -0.246. The minimum absolute atomic E-state index is 0.00729. The summed E-state index contributed by atoms with van der Waals surface area (Å²) in [4.78, 5) is 16.4. The van der Waals surface area contributed by atoms with Crippen molar-refractivity contribution < 1.29 is 18.1 Å². The standard InChI is InChI=1S/C16H9F2N3O2S/c1-8-5-12(21-23-8)15(22)9(6-19)16-20-13(7-24-16)14-10(17)3-2-4-11(14)18/h2-5,7,9H,1H3/t9-/m1/s1. The van der Waals surface area contributed by atoms with Gasteiger partial charge in [0.25, 0.3) is 0 Å². The fourth-order valence-electron chi connectivity index (χ4n) is 2.13. The molecule has 0 unspecified atom stereocenters. The van der Waals surface area contributed by atoms with Crippen LogP contribution >= 0.6 is 11.3 Å². The molecule has 0 spiro atoms. The lowest BCUT2D eigenvalue weighted by atomic mass is 10.0. The number of carbonyl (C=O) groups is 1.